The minimum Gasteiger partial charge on any atom is -0.468 e. The third kappa shape index (κ3) is 4.66. The third-order valence-corrected chi connectivity index (χ3v) is 5.16. The Balaban J connectivity index is 1.81. The topological polar surface area (TPSA) is 82.7 Å². The standard InChI is InChI=1S/C20H30N4O3/c1-20(2,3)22-18(25)16-9-13-7-5-6-8-14(13)11-24(16)12-15-10-21-23-17(15)19(26)27-4/h5-8,15-17,21,23H,9-12H2,1-4H3,(H,22,25)/t15?,16-,17?/m0/s1. The second kappa shape index (κ2) is 7.96. The molecule has 1 aromatic carbocycles. The zero-order chi connectivity index (χ0) is 19.6. The molecule has 3 atom stereocenters. The maximum atomic E-state index is 13.0. The molecule has 2 unspecified atom stereocenters. The zero-order valence-corrected chi connectivity index (χ0v) is 16.5. The zero-order valence-electron chi connectivity index (χ0n) is 16.5. The van der Waals surface area contributed by atoms with E-state index in [4.69, 9.17) is 4.74 Å². The second-order valence-corrected chi connectivity index (χ2v) is 8.44. The maximum absolute atomic E-state index is 13.0. The smallest absolute Gasteiger partial charge is 0.324 e. The number of amides is 1. The van der Waals surface area contributed by atoms with Crippen molar-refractivity contribution in [2.24, 2.45) is 5.92 Å². The van der Waals surface area contributed by atoms with Crippen LogP contribution in [-0.4, -0.2) is 54.6 Å². The van der Waals surface area contributed by atoms with Gasteiger partial charge >= 0.3 is 5.97 Å². The van der Waals surface area contributed by atoms with Gasteiger partial charge in [0.2, 0.25) is 5.91 Å². The molecule has 2 heterocycles. The SMILES string of the molecule is COC(=O)C1NNCC1CN1Cc2ccccc2C[C@H]1C(=O)NC(C)(C)C. The molecular formula is C20H30N4O3. The van der Waals surface area contributed by atoms with Gasteiger partial charge in [0.1, 0.15) is 6.04 Å². The fourth-order valence-electron chi connectivity index (χ4n) is 3.87. The highest BCUT2D eigenvalue weighted by atomic mass is 16.5. The summed E-state index contributed by atoms with van der Waals surface area (Å²) in [5.41, 5.74) is 8.22. The van der Waals surface area contributed by atoms with Gasteiger partial charge in [-0.2, -0.15) is 0 Å². The molecule has 3 N–H and O–H groups in total. The number of benzene rings is 1. The lowest BCUT2D eigenvalue weighted by atomic mass is 9.91. The molecule has 2 aliphatic rings. The van der Waals surface area contributed by atoms with Gasteiger partial charge in [0.05, 0.1) is 13.2 Å². The Morgan fingerprint density at radius 3 is 2.63 bits per heavy atom. The van der Waals surface area contributed by atoms with Crippen LogP contribution in [-0.2, 0) is 27.3 Å². The Hall–Kier alpha value is -1.96. The van der Waals surface area contributed by atoms with Gasteiger partial charge in [0.15, 0.2) is 0 Å². The lowest BCUT2D eigenvalue weighted by Gasteiger charge is -2.39. The highest BCUT2D eigenvalue weighted by Crippen LogP contribution is 2.26. The second-order valence-electron chi connectivity index (χ2n) is 8.44. The molecule has 3 rings (SSSR count). The molecule has 0 aliphatic carbocycles. The number of hydrogen-bond donors (Lipinski definition) is 3. The van der Waals surface area contributed by atoms with Gasteiger partial charge in [-0.15, -0.1) is 0 Å². The molecule has 0 spiro atoms. The molecule has 148 valence electrons. The van der Waals surface area contributed by atoms with E-state index in [1.807, 2.05) is 32.9 Å². The van der Waals surface area contributed by atoms with E-state index in [9.17, 15) is 9.59 Å². The number of carbonyl (C=O) groups is 2. The van der Waals surface area contributed by atoms with E-state index in [1.54, 1.807) is 0 Å². The van der Waals surface area contributed by atoms with Crippen molar-refractivity contribution < 1.29 is 14.3 Å². The van der Waals surface area contributed by atoms with Crippen LogP contribution in [0, 0.1) is 5.92 Å². The third-order valence-electron chi connectivity index (χ3n) is 5.16. The van der Waals surface area contributed by atoms with Crippen LogP contribution in [0.2, 0.25) is 0 Å². The van der Waals surface area contributed by atoms with Crippen LogP contribution in [0.25, 0.3) is 0 Å². The average Bonchev–Trinajstić information content (AvgIpc) is 3.07. The number of hydrazine groups is 1. The number of nitrogens with zero attached hydrogens (tertiary/aromatic N) is 1. The van der Waals surface area contributed by atoms with E-state index in [2.05, 4.69) is 33.2 Å². The molecule has 0 aromatic heterocycles. The molecule has 1 saturated heterocycles. The first-order valence-corrected chi connectivity index (χ1v) is 9.47. The van der Waals surface area contributed by atoms with Crippen molar-refractivity contribution >= 4 is 11.9 Å². The Morgan fingerprint density at radius 2 is 1.96 bits per heavy atom. The number of hydrogen-bond acceptors (Lipinski definition) is 6. The quantitative estimate of drug-likeness (QED) is 0.670. The van der Waals surface area contributed by atoms with E-state index < -0.39 is 6.04 Å². The van der Waals surface area contributed by atoms with Gasteiger partial charge < -0.3 is 10.1 Å². The summed E-state index contributed by atoms with van der Waals surface area (Å²) in [5, 5.41) is 3.12. The van der Waals surface area contributed by atoms with Gasteiger partial charge in [-0.1, -0.05) is 24.3 Å². The summed E-state index contributed by atoms with van der Waals surface area (Å²) in [7, 11) is 1.40. The van der Waals surface area contributed by atoms with Gasteiger partial charge in [-0.25, -0.2) is 5.43 Å². The molecule has 7 nitrogen and oxygen atoms in total. The molecule has 1 amide bonds. The van der Waals surface area contributed by atoms with E-state index in [1.165, 1.54) is 18.2 Å². The van der Waals surface area contributed by atoms with Gasteiger partial charge in [-0.3, -0.25) is 19.9 Å². The summed E-state index contributed by atoms with van der Waals surface area (Å²) in [6.45, 7) is 7.96. The Bertz CT molecular complexity index is 701. The lowest BCUT2D eigenvalue weighted by Crippen LogP contribution is -2.56. The highest BCUT2D eigenvalue weighted by Gasteiger charge is 2.39. The molecule has 7 heteroatoms. The summed E-state index contributed by atoms with van der Waals surface area (Å²) in [6.07, 6.45) is 0.675. The minimum absolute atomic E-state index is 0.0329. The highest BCUT2D eigenvalue weighted by molar-refractivity contribution is 5.83. The Labute approximate surface area is 160 Å². The van der Waals surface area contributed by atoms with Crippen molar-refractivity contribution in [3.8, 4) is 0 Å². The van der Waals surface area contributed by atoms with Crippen LogP contribution in [0.15, 0.2) is 24.3 Å². The Morgan fingerprint density at radius 1 is 1.26 bits per heavy atom. The van der Waals surface area contributed by atoms with Gasteiger partial charge in [0, 0.05) is 31.1 Å². The van der Waals surface area contributed by atoms with Crippen LogP contribution in [0.4, 0.5) is 0 Å². The van der Waals surface area contributed by atoms with Crippen LogP contribution < -0.4 is 16.2 Å². The van der Waals surface area contributed by atoms with Crippen molar-refractivity contribution in [3.63, 3.8) is 0 Å². The number of nitrogens with one attached hydrogen (secondary N) is 3. The van der Waals surface area contributed by atoms with Crippen LogP contribution in [0.3, 0.4) is 0 Å². The van der Waals surface area contributed by atoms with E-state index in [0.29, 0.717) is 26.1 Å². The minimum atomic E-state index is -0.404. The maximum Gasteiger partial charge on any atom is 0.324 e. The normalized spacial score (nSPS) is 25.7. The van der Waals surface area contributed by atoms with Crippen molar-refractivity contribution in [2.75, 3.05) is 20.2 Å². The number of esters is 1. The number of rotatable bonds is 4. The first-order valence-electron chi connectivity index (χ1n) is 9.47. The molecule has 2 aliphatic heterocycles. The van der Waals surface area contributed by atoms with Crippen molar-refractivity contribution in [3.05, 3.63) is 35.4 Å². The molecule has 0 radical (unpaired) electrons. The molecule has 0 bridgehead atoms. The number of fused-ring (bicyclic) bond motifs is 1. The van der Waals surface area contributed by atoms with Crippen LogP contribution in [0.5, 0.6) is 0 Å². The molecule has 27 heavy (non-hydrogen) atoms. The average molecular weight is 374 g/mol. The fraction of sp³-hybridized carbons (Fsp3) is 0.600. The molecular weight excluding hydrogens is 344 g/mol. The van der Waals surface area contributed by atoms with Gasteiger partial charge in [-0.05, 0) is 38.3 Å². The predicted molar refractivity (Wildman–Crippen MR) is 103 cm³/mol. The number of carbonyl (C=O) groups excluding carboxylic acids is 2. The Kier molecular flexibility index (Phi) is 5.83. The summed E-state index contributed by atoms with van der Waals surface area (Å²) in [4.78, 5) is 27.2. The summed E-state index contributed by atoms with van der Waals surface area (Å²) in [5.74, 6) is -0.212. The van der Waals surface area contributed by atoms with E-state index in [-0.39, 0.29) is 29.4 Å². The van der Waals surface area contributed by atoms with Crippen LogP contribution >= 0.6 is 0 Å². The largest absolute Gasteiger partial charge is 0.468 e. The van der Waals surface area contributed by atoms with Crippen molar-refractivity contribution in [1.29, 1.82) is 0 Å². The summed E-state index contributed by atoms with van der Waals surface area (Å²) < 4.78 is 4.91. The van der Waals surface area contributed by atoms with Crippen LogP contribution in [0.1, 0.15) is 31.9 Å². The predicted octanol–water partition coefficient (Wildman–Crippen LogP) is 0.594. The van der Waals surface area contributed by atoms with Crippen molar-refractivity contribution in [1.82, 2.24) is 21.1 Å². The van der Waals surface area contributed by atoms with E-state index >= 15 is 0 Å². The van der Waals surface area contributed by atoms with Gasteiger partial charge in [0.25, 0.3) is 0 Å². The number of methoxy groups -OCH3 is 1. The molecule has 1 fully saturated rings. The first kappa shape index (κ1) is 19.8. The lowest BCUT2D eigenvalue weighted by molar-refractivity contribution is -0.144. The van der Waals surface area contributed by atoms with Crippen molar-refractivity contribution in [2.45, 2.75) is 51.4 Å². The summed E-state index contributed by atoms with van der Waals surface area (Å²) >= 11 is 0. The monoisotopic (exact) mass is 374 g/mol. The summed E-state index contributed by atoms with van der Waals surface area (Å²) in [6, 6.07) is 7.60. The molecule has 0 saturated carbocycles. The number of ether oxygens (including phenoxy) is 1. The first-order chi connectivity index (χ1) is 12.8. The molecule has 1 aromatic rings. The van der Waals surface area contributed by atoms with E-state index in [0.717, 1.165) is 0 Å². The fourth-order valence-corrected chi connectivity index (χ4v) is 3.87.